The molecule has 0 saturated carbocycles. The Bertz CT molecular complexity index is 683. The third-order valence-corrected chi connectivity index (χ3v) is 8.18. The summed E-state index contributed by atoms with van der Waals surface area (Å²) in [6.07, 6.45) is 2.45. The summed E-state index contributed by atoms with van der Waals surface area (Å²) in [4.78, 5) is 0. The molecule has 0 amide bonds. The average Bonchev–Trinajstić information content (AvgIpc) is 2.72. The smallest absolute Gasteiger partial charge is 0.231 e. The van der Waals surface area contributed by atoms with Crippen LogP contribution in [0.1, 0.15) is 29.5 Å². The van der Waals surface area contributed by atoms with Gasteiger partial charge in [-0.15, -0.1) is 0 Å². The maximum absolute atomic E-state index is 6.51. The lowest BCUT2D eigenvalue weighted by atomic mass is 9.84. The van der Waals surface area contributed by atoms with Gasteiger partial charge in [0.15, 0.2) is 0 Å². The lowest BCUT2D eigenvalue weighted by Gasteiger charge is -2.42. The van der Waals surface area contributed by atoms with Crippen LogP contribution in [-0.2, 0) is 9.46 Å². The zero-order valence-electron chi connectivity index (χ0n) is 14.4. The lowest BCUT2D eigenvalue weighted by Crippen LogP contribution is -2.48. The lowest BCUT2D eigenvalue weighted by molar-refractivity contribution is 0.275. The summed E-state index contributed by atoms with van der Waals surface area (Å²) >= 11 is 0. The van der Waals surface area contributed by atoms with Crippen LogP contribution in [0.4, 0.5) is 0 Å². The Kier molecular flexibility index (Phi) is 4.82. The van der Waals surface area contributed by atoms with Gasteiger partial charge in [-0.05, 0) is 29.2 Å². The van der Waals surface area contributed by atoms with Gasteiger partial charge in [-0.3, -0.25) is 0 Å². The number of rotatable bonds is 4. The highest BCUT2D eigenvalue weighted by molar-refractivity contribution is 6.58. The molecule has 0 aromatic heterocycles. The van der Waals surface area contributed by atoms with Crippen molar-refractivity contribution in [2.75, 3.05) is 6.61 Å². The first-order chi connectivity index (χ1) is 12.4. The molecular formula is C23H23OSi. The molecule has 0 N–H and O–H groups in total. The fourth-order valence-electron chi connectivity index (χ4n) is 4.00. The molecule has 3 aromatic rings. The van der Waals surface area contributed by atoms with Crippen LogP contribution in [0.15, 0.2) is 91.0 Å². The van der Waals surface area contributed by atoms with Crippen LogP contribution in [0.3, 0.4) is 0 Å². The number of hydrogen-bond donors (Lipinski definition) is 0. The minimum atomic E-state index is -1.10. The van der Waals surface area contributed by atoms with E-state index in [1.165, 1.54) is 35.6 Å². The second-order valence-electron chi connectivity index (χ2n) is 6.58. The van der Waals surface area contributed by atoms with E-state index in [1.807, 2.05) is 0 Å². The van der Waals surface area contributed by atoms with Crippen molar-refractivity contribution in [1.82, 2.24) is 0 Å². The van der Waals surface area contributed by atoms with E-state index in [0.717, 1.165) is 6.61 Å². The molecule has 1 fully saturated rings. The molecule has 1 aliphatic heterocycles. The van der Waals surface area contributed by atoms with Crippen LogP contribution < -0.4 is 0 Å². The molecule has 1 saturated heterocycles. The molecule has 0 unspecified atom stereocenters. The average molecular weight is 344 g/mol. The summed E-state index contributed by atoms with van der Waals surface area (Å²) in [5, 5.41) is -0.172. The van der Waals surface area contributed by atoms with Gasteiger partial charge in [0, 0.05) is 6.61 Å². The monoisotopic (exact) mass is 343 g/mol. The molecule has 1 aliphatic rings. The zero-order chi connectivity index (χ0) is 17.0. The van der Waals surface area contributed by atoms with Crippen molar-refractivity contribution in [3.8, 4) is 0 Å². The molecule has 25 heavy (non-hydrogen) atoms. The molecule has 0 aliphatic carbocycles. The second kappa shape index (κ2) is 7.38. The van der Waals surface area contributed by atoms with Gasteiger partial charge in [0.25, 0.3) is 0 Å². The molecule has 0 atom stereocenters. The highest BCUT2D eigenvalue weighted by Gasteiger charge is 2.47. The number of hydrogen-bond acceptors (Lipinski definition) is 1. The van der Waals surface area contributed by atoms with Gasteiger partial charge >= 0.3 is 0 Å². The van der Waals surface area contributed by atoms with Crippen molar-refractivity contribution in [2.45, 2.75) is 23.9 Å². The predicted octanol–water partition coefficient (Wildman–Crippen LogP) is 5.36. The summed E-state index contributed by atoms with van der Waals surface area (Å²) in [5.74, 6) is 0. The molecule has 0 bridgehead atoms. The third kappa shape index (κ3) is 2.96. The fraction of sp³-hybridized carbons (Fsp3) is 0.217. The van der Waals surface area contributed by atoms with Gasteiger partial charge in [0.2, 0.25) is 9.04 Å². The maximum Gasteiger partial charge on any atom is 0.231 e. The Balaban J connectivity index is 2.01. The van der Waals surface area contributed by atoms with Crippen LogP contribution in [-0.4, -0.2) is 15.6 Å². The van der Waals surface area contributed by atoms with Gasteiger partial charge in [-0.1, -0.05) is 97.4 Å². The largest absolute Gasteiger partial charge is 0.415 e. The van der Waals surface area contributed by atoms with Gasteiger partial charge in [0.05, 0.1) is 5.04 Å². The van der Waals surface area contributed by atoms with E-state index in [2.05, 4.69) is 91.0 Å². The molecular weight excluding hydrogens is 320 g/mol. The van der Waals surface area contributed by atoms with Crippen molar-refractivity contribution in [2.24, 2.45) is 0 Å². The Morgan fingerprint density at radius 3 is 1.40 bits per heavy atom. The molecule has 1 radical (unpaired) electrons. The summed E-state index contributed by atoms with van der Waals surface area (Å²) in [5.41, 5.74) is 4.05. The molecule has 2 heteroatoms. The van der Waals surface area contributed by atoms with E-state index in [4.69, 9.17) is 4.43 Å². The van der Waals surface area contributed by atoms with Gasteiger partial charge in [0.1, 0.15) is 0 Å². The summed E-state index contributed by atoms with van der Waals surface area (Å²) in [7, 11) is -1.10. The normalized spacial score (nSPS) is 15.8. The van der Waals surface area contributed by atoms with E-state index in [1.54, 1.807) is 0 Å². The minimum absolute atomic E-state index is 0.172. The van der Waals surface area contributed by atoms with Crippen molar-refractivity contribution in [3.05, 3.63) is 108 Å². The van der Waals surface area contributed by atoms with Gasteiger partial charge < -0.3 is 4.43 Å². The molecule has 0 spiro atoms. The van der Waals surface area contributed by atoms with E-state index in [9.17, 15) is 0 Å². The molecule has 3 aromatic carbocycles. The predicted molar refractivity (Wildman–Crippen MR) is 105 cm³/mol. The van der Waals surface area contributed by atoms with E-state index >= 15 is 0 Å². The molecule has 125 valence electrons. The van der Waals surface area contributed by atoms with Crippen molar-refractivity contribution in [1.29, 1.82) is 0 Å². The molecule has 1 nitrogen and oxygen atoms in total. The van der Waals surface area contributed by atoms with Crippen molar-refractivity contribution >= 4 is 9.04 Å². The van der Waals surface area contributed by atoms with Gasteiger partial charge in [-0.2, -0.15) is 0 Å². The van der Waals surface area contributed by atoms with Crippen LogP contribution in [0, 0.1) is 0 Å². The summed E-state index contributed by atoms with van der Waals surface area (Å²) in [6.45, 7) is 0.891. The van der Waals surface area contributed by atoms with Crippen LogP contribution in [0.5, 0.6) is 0 Å². The van der Waals surface area contributed by atoms with E-state index in [-0.39, 0.29) is 5.04 Å². The third-order valence-electron chi connectivity index (χ3n) is 5.11. The fourth-order valence-corrected chi connectivity index (χ4v) is 7.16. The summed E-state index contributed by atoms with van der Waals surface area (Å²) in [6, 6.07) is 34.1. The number of benzene rings is 3. The molecule has 1 heterocycles. The van der Waals surface area contributed by atoms with Crippen LogP contribution in [0.25, 0.3) is 0 Å². The Morgan fingerprint density at radius 1 is 0.600 bits per heavy atom. The SMILES string of the molecule is c1ccc(C(c2ccccc2)(c2ccccc2)[Si]2CCCCO2)cc1. The van der Waals surface area contributed by atoms with Crippen LogP contribution >= 0.6 is 0 Å². The van der Waals surface area contributed by atoms with Crippen molar-refractivity contribution < 1.29 is 4.43 Å². The maximum atomic E-state index is 6.51. The topological polar surface area (TPSA) is 9.23 Å². The van der Waals surface area contributed by atoms with E-state index in [0.29, 0.717) is 0 Å². The Hall–Kier alpha value is -2.16. The first kappa shape index (κ1) is 16.3. The zero-order valence-corrected chi connectivity index (χ0v) is 15.4. The highest BCUT2D eigenvalue weighted by Crippen LogP contribution is 2.44. The second-order valence-corrected chi connectivity index (χ2v) is 8.96. The summed E-state index contributed by atoms with van der Waals surface area (Å²) < 4.78 is 6.51. The first-order valence-electron chi connectivity index (χ1n) is 9.08. The molecule has 4 rings (SSSR count). The highest BCUT2D eigenvalue weighted by atomic mass is 28.3. The quantitative estimate of drug-likeness (QED) is 0.457. The Morgan fingerprint density at radius 2 is 1.04 bits per heavy atom. The van der Waals surface area contributed by atoms with Crippen LogP contribution in [0.2, 0.25) is 6.04 Å². The standard InChI is InChI=1S/C23H23OSi/c1-4-12-20(13-5-1)23(21-14-6-2-7-15-21,22-16-8-3-9-17-22)25-19-11-10-18-24-25/h1-9,12-17H,10-11,18-19H2. The first-order valence-corrected chi connectivity index (χ1v) is 10.7. The van der Waals surface area contributed by atoms with Crippen molar-refractivity contribution in [3.63, 3.8) is 0 Å². The Labute approximate surface area is 152 Å². The van der Waals surface area contributed by atoms with E-state index < -0.39 is 9.04 Å². The van der Waals surface area contributed by atoms with Gasteiger partial charge in [-0.25, -0.2) is 0 Å². The minimum Gasteiger partial charge on any atom is -0.415 e.